The van der Waals surface area contributed by atoms with Crippen molar-refractivity contribution in [2.75, 3.05) is 33.0 Å². The van der Waals surface area contributed by atoms with Gasteiger partial charge in [-0.05, 0) is 24.5 Å². The van der Waals surface area contributed by atoms with Gasteiger partial charge in [-0.2, -0.15) is 16.8 Å². The second-order valence-corrected chi connectivity index (χ2v) is 8.18. The number of carbonyl (C=O) groups is 1. The maximum atomic E-state index is 13.0. The fraction of sp³-hybridized carbons (Fsp3) is 0.300. The smallest absolute Gasteiger partial charge is 0.283 e. The molecule has 2 aromatic carbocycles. The number of aryl methyl sites for hydroxylation is 1. The summed E-state index contributed by atoms with van der Waals surface area (Å²) in [5.41, 5.74) is 1.33. The molecule has 0 atom stereocenters. The molecule has 0 radical (unpaired) electrons. The van der Waals surface area contributed by atoms with Crippen LogP contribution in [0.15, 0.2) is 35.3 Å². The van der Waals surface area contributed by atoms with E-state index < -0.39 is 0 Å². The maximum Gasteiger partial charge on any atom is 0.283 e. The summed E-state index contributed by atoms with van der Waals surface area (Å²) in [6.07, 6.45) is 2.05. The highest BCUT2D eigenvalue weighted by Gasteiger charge is 2.19. The zero-order valence-corrected chi connectivity index (χ0v) is 17.9. The molecule has 0 spiro atoms. The molecule has 1 aliphatic rings. The molecule has 9 heteroatoms. The molecule has 3 aromatic rings. The summed E-state index contributed by atoms with van der Waals surface area (Å²) in [5, 5.41) is 0. The summed E-state index contributed by atoms with van der Waals surface area (Å²) in [4.78, 5) is 18.0. The largest absolute Gasteiger partial charge is 0.497 e. The van der Waals surface area contributed by atoms with Gasteiger partial charge in [0.25, 0.3) is 5.91 Å². The first kappa shape index (κ1) is 19.7. The van der Waals surface area contributed by atoms with Gasteiger partial charge in [-0.3, -0.25) is 4.79 Å². The van der Waals surface area contributed by atoms with Crippen LogP contribution in [0.5, 0.6) is 23.0 Å². The normalized spacial score (nSPS) is 13.1. The lowest BCUT2D eigenvalue weighted by Crippen LogP contribution is -2.18. The summed E-state index contributed by atoms with van der Waals surface area (Å²) in [5.74, 6) is 2.96. The van der Waals surface area contributed by atoms with Gasteiger partial charge in [-0.15, -0.1) is 0 Å². The molecule has 0 bridgehead atoms. The highest BCUT2D eigenvalue weighted by molar-refractivity contribution is 7.98. The molecule has 0 saturated carbocycles. The molecule has 0 N–H and O–H groups in total. The van der Waals surface area contributed by atoms with Crippen LogP contribution in [0.3, 0.4) is 0 Å². The molecule has 2 heterocycles. The van der Waals surface area contributed by atoms with Crippen molar-refractivity contribution in [1.29, 1.82) is 0 Å². The minimum absolute atomic E-state index is 0.225. The Labute approximate surface area is 175 Å². The molecule has 0 aliphatic carbocycles. The molecular formula is C20H20N2O5S2. The number of benzene rings is 2. The van der Waals surface area contributed by atoms with Crippen LogP contribution in [0, 0.1) is 0 Å². The van der Waals surface area contributed by atoms with Crippen molar-refractivity contribution in [3.05, 3.63) is 40.7 Å². The molecule has 1 aromatic heterocycles. The second kappa shape index (κ2) is 8.38. The zero-order chi connectivity index (χ0) is 20.4. The Hall–Kier alpha value is -2.65. The lowest BCUT2D eigenvalue weighted by molar-refractivity contribution is 0.0994. The van der Waals surface area contributed by atoms with Crippen molar-refractivity contribution in [2.24, 2.45) is 4.99 Å². The summed E-state index contributed by atoms with van der Waals surface area (Å²) in [7, 11) is 3.08. The number of fused-ring (bicyclic) bond motifs is 2. The molecule has 1 aliphatic heterocycles. The number of hydrogen-bond donors (Lipinski definition) is 0. The Morgan fingerprint density at radius 3 is 2.72 bits per heavy atom. The Morgan fingerprint density at radius 2 is 2.00 bits per heavy atom. The predicted octanol–water partition coefficient (Wildman–Crippen LogP) is 3.55. The Kier molecular flexibility index (Phi) is 5.68. The minimum atomic E-state index is -0.384. The molecular weight excluding hydrogens is 412 g/mol. The lowest BCUT2D eigenvalue weighted by atomic mass is 10.2. The number of amides is 1. The van der Waals surface area contributed by atoms with Crippen LogP contribution in [0.2, 0.25) is 0 Å². The Balaban J connectivity index is 1.84. The van der Waals surface area contributed by atoms with Gasteiger partial charge in [-0.1, -0.05) is 11.3 Å². The second-order valence-electron chi connectivity index (χ2n) is 6.19. The van der Waals surface area contributed by atoms with Gasteiger partial charge in [0.2, 0.25) is 6.79 Å². The third-order valence-electron chi connectivity index (χ3n) is 4.53. The molecule has 4 rings (SSSR count). The van der Waals surface area contributed by atoms with E-state index in [2.05, 4.69) is 4.99 Å². The molecule has 0 unspecified atom stereocenters. The highest BCUT2D eigenvalue weighted by Crippen LogP contribution is 2.37. The number of nitrogens with zero attached hydrogens (tertiary/aromatic N) is 2. The van der Waals surface area contributed by atoms with Crippen LogP contribution >= 0.6 is 23.1 Å². The summed E-state index contributed by atoms with van der Waals surface area (Å²) >= 11 is 3.18. The Morgan fingerprint density at radius 1 is 1.21 bits per heavy atom. The van der Waals surface area contributed by atoms with E-state index in [4.69, 9.17) is 18.9 Å². The first-order chi connectivity index (χ1) is 14.1. The van der Waals surface area contributed by atoms with E-state index in [-0.39, 0.29) is 12.7 Å². The fourth-order valence-corrected chi connectivity index (χ4v) is 4.50. The van der Waals surface area contributed by atoms with Crippen LogP contribution < -0.4 is 23.7 Å². The van der Waals surface area contributed by atoms with Crippen LogP contribution in [-0.4, -0.2) is 43.5 Å². The number of hydrogen-bond acceptors (Lipinski definition) is 7. The quantitative estimate of drug-likeness (QED) is 0.593. The van der Waals surface area contributed by atoms with E-state index >= 15 is 0 Å². The number of carbonyl (C=O) groups excluding carboxylic acids is 1. The van der Waals surface area contributed by atoms with Crippen molar-refractivity contribution in [2.45, 2.75) is 6.54 Å². The third kappa shape index (κ3) is 3.79. The van der Waals surface area contributed by atoms with E-state index in [0.717, 1.165) is 22.5 Å². The molecule has 152 valence electrons. The van der Waals surface area contributed by atoms with Gasteiger partial charge >= 0.3 is 0 Å². The average molecular weight is 433 g/mol. The van der Waals surface area contributed by atoms with Crippen LogP contribution in [0.25, 0.3) is 10.2 Å². The van der Waals surface area contributed by atoms with Crippen LogP contribution in [0.1, 0.15) is 10.4 Å². The SMILES string of the molecule is COc1ccc(OC)c(C(=O)N=c2sc3cc4c(cc3n2CCSC)OCO4)c1. The minimum Gasteiger partial charge on any atom is -0.497 e. The number of ether oxygens (including phenoxy) is 4. The van der Waals surface area contributed by atoms with Crippen molar-refractivity contribution in [3.63, 3.8) is 0 Å². The molecule has 7 nitrogen and oxygen atoms in total. The van der Waals surface area contributed by atoms with Gasteiger partial charge < -0.3 is 23.5 Å². The third-order valence-corrected chi connectivity index (χ3v) is 6.16. The molecule has 29 heavy (non-hydrogen) atoms. The summed E-state index contributed by atoms with van der Waals surface area (Å²) in [6.45, 7) is 0.949. The highest BCUT2D eigenvalue weighted by atomic mass is 32.2. The topological polar surface area (TPSA) is 71.3 Å². The number of thioether (sulfide) groups is 1. The number of thiazole rings is 1. The van der Waals surface area contributed by atoms with Gasteiger partial charge in [0.05, 0.1) is 30.0 Å². The van der Waals surface area contributed by atoms with Crippen molar-refractivity contribution in [1.82, 2.24) is 4.57 Å². The first-order valence-corrected chi connectivity index (χ1v) is 11.1. The molecule has 1 amide bonds. The van der Waals surface area contributed by atoms with E-state index in [0.29, 0.717) is 33.4 Å². The van der Waals surface area contributed by atoms with Gasteiger partial charge in [0.15, 0.2) is 16.3 Å². The monoisotopic (exact) mass is 432 g/mol. The van der Waals surface area contributed by atoms with Crippen LogP contribution in [-0.2, 0) is 6.54 Å². The van der Waals surface area contributed by atoms with Crippen molar-refractivity contribution in [3.8, 4) is 23.0 Å². The predicted molar refractivity (Wildman–Crippen MR) is 114 cm³/mol. The van der Waals surface area contributed by atoms with E-state index in [1.807, 2.05) is 23.0 Å². The summed E-state index contributed by atoms with van der Waals surface area (Å²) < 4.78 is 24.6. The van der Waals surface area contributed by atoms with E-state index in [1.54, 1.807) is 37.1 Å². The molecule has 0 saturated heterocycles. The van der Waals surface area contributed by atoms with Crippen molar-refractivity contribution >= 4 is 39.2 Å². The van der Waals surface area contributed by atoms with Gasteiger partial charge in [-0.25, -0.2) is 0 Å². The van der Waals surface area contributed by atoms with Crippen LogP contribution in [0.4, 0.5) is 0 Å². The first-order valence-electron chi connectivity index (χ1n) is 8.87. The number of aromatic nitrogens is 1. The molecule has 0 fully saturated rings. The average Bonchev–Trinajstić information content (AvgIpc) is 3.33. The standard InChI is InChI=1S/C20H20N2O5S2/c1-24-12-4-5-15(25-2)13(8-12)19(23)21-20-22(6-7-28-3)14-9-16-17(27-11-26-16)10-18(14)29-20/h4-5,8-10H,6-7,11H2,1-3H3. The fourth-order valence-electron chi connectivity index (χ4n) is 3.07. The van der Waals surface area contributed by atoms with E-state index in [9.17, 15) is 4.79 Å². The summed E-state index contributed by atoms with van der Waals surface area (Å²) in [6, 6.07) is 8.97. The zero-order valence-electron chi connectivity index (χ0n) is 16.3. The maximum absolute atomic E-state index is 13.0. The Bertz CT molecular complexity index is 1140. The number of rotatable bonds is 6. The van der Waals surface area contributed by atoms with E-state index in [1.165, 1.54) is 18.4 Å². The number of methoxy groups -OCH3 is 2. The van der Waals surface area contributed by atoms with Gasteiger partial charge in [0.1, 0.15) is 11.5 Å². The van der Waals surface area contributed by atoms with Gasteiger partial charge in [0, 0.05) is 24.4 Å². The lowest BCUT2D eigenvalue weighted by Gasteiger charge is -2.08. The van der Waals surface area contributed by atoms with Crippen molar-refractivity contribution < 1.29 is 23.7 Å².